The molecule has 1 saturated heterocycles. The summed E-state index contributed by atoms with van der Waals surface area (Å²) >= 11 is 0. The standard InChI is InChI=1S/C17H18F2N4O4/c18-16(19)13-9-14(22-21-13)17(25)20-11-1-3-12(4-2-11)27-10-15(24)23-5-7-26-8-6-23/h1-4,9,16H,5-8,10H2,(H,20,25)(H,21,22). The van der Waals surface area contributed by atoms with Gasteiger partial charge in [-0.2, -0.15) is 5.10 Å². The Morgan fingerprint density at radius 1 is 1.26 bits per heavy atom. The molecule has 1 fully saturated rings. The zero-order valence-corrected chi connectivity index (χ0v) is 14.3. The Bertz CT molecular complexity index is 788. The zero-order valence-electron chi connectivity index (χ0n) is 14.3. The van der Waals surface area contributed by atoms with Gasteiger partial charge < -0.3 is 19.7 Å². The first-order valence-corrected chi connectivity index (χ1v) is 8.26. The minimum Gasteiger partial charge on any atom is -0.484 e. The first-order chi connectivity index (χ1) is 13.0. The molecule has 0 aliphatic carbocycles. The van der Waals surface area contributed by atoms with Gasteiger partial charge in [0, 0.05) is 18.8 Å². The highest BCUT2D eigenvalue weighted by atomic mass is 19.3. The highest BCUT2D eigenvalue weighted by molar-refractivity contribution is 6.02. The molecule has 8 nitrogen and oxygen atoms in total. The second kappa shape index (κ2) is 8.58. The average Bonchev–Trinajstić information content (AvgIpc) is 3.19. The number of nitrogens with zero attached hydrogens (tertiary/aromatic N) is 2. The third-order valence-electron chi connectivity index (χ3n) is 3.90. The lowest BCUT2D eigenvalue weighted by Gasteiger charge is -2.26. The van der Waals surface area contributed by atoms with E-state index in [1.165, 1.54) is 0 Å². The average molecular weight is 380 g/mol. The first-order valence-electron chi connectivity index (χ1n) is 8.26. The van der Waals surface area contributed by atoms with E-state index in [-0.39, 0.29) is 18.2 Å². The SMILES string of the molecule is O=C(Nc1ccc(OCC(=O)N2CCOCC2)cc1)c1cc(C(F)F)[nH]n1. The van der Waals surface area contributed by atoms with Crippen molar-refractivity contribution in [1.29, 1.82) is 0 Å². The molecule has 2 heterocycles. The zero-order chi connectivity index (χ0) is 19.2. The third kappa shape index (κ3) is 5.00. The minimum atomic E-state index is -2.73. The van der Waals surface area contributed by atoms with Gasteiger partial charge in [-0.15, -0.1) is 0 Å². The van der Waals surface area contributed by atoms with Crippen LogP contribution in [0.25, 0.3) is 0 Å². The number of alkyl halides is 2. The normalized spacial score (nSPS) is 14.3. The summed E-state index contributed by atoms with van der Waals surface area (Å²) in [6.45, 7) is 2.06. The van der Waals surface area contributed by atoms with Crippen LogP contribution in [0.1, 0.15) is 22.6 Å². The number of rotatable bonds is 6. The topological polar surface area (TPSA) is 96.5 Å². The Hall–Kier alpha value is -3.01. The number of H-pyrrole nitrogens is 1. The highest BCUT2D eigenvalue weighted by Gasteiger charge is 2.18. The van der Waals surface area contributed by atoms with Crippen molar-refractivity contribution in [3.63, 3.8) is 0 Å². The smallest absolute Gasteiger partial charge is 0.279 e. The van der Waals surface area contributed by atoms with Crippen molar-refractivity contribution < 1.29 is 27.8 Å². The molecule has 1 aliphatic rings. The molecule has 144 valence electrons. The van der Waals surface area contributed by atoms with E-state index in [0.717, 1.165) is 6.07 Å². The monoisotopic (exact) mass is 380 g/mol. The predicted octanol–water partition coefficient (Wildman–Crippen LogP) is 1.84. The van der Waals surface area contributed by atoms with E-state index in [4.69, 9.17) is 9.47 Å². The Kier molecular flexibility index (Phi) is 5.97. The molecule has 2 aromatic rings. The summed E-state index contributed by atoms with van der Waals surface area (Å²) in [6.07, 6.45) is -2.73. The van der Waals surface area contributed by atoms with Gasteiger partial charge in [0.25, 0.3) is 18.2 Å². The van der Waals surface area contributed by atoms with Gasteiger partial charge in [0.05, 0.1) is 13.2 Å². The maximum Gasteiger partial charge on any atom is 0.279 e. The summed E-state index contributed by atoms with van der Waals surface area (Å²) in [7, 11) is 0. The molecule has 1 aromatic heterocycles. The molecule has 10 heteroatoms. The second-order valence-corrected chi connectivity index (χ2v) is 5.77. The van der Waals surface area contributed by atoms with Gasteiger partial charge in [-0.1, -0.05) is 0 Å². The number of hydrogen-bond acceptors (Lipinski definition) is 5. The molecular formula is C17H18F2N4O4. The summed E-state index contributed by atoms with van der Waals surface area (Å²) in [5, 5.41) is 8.21. The van der Waals surface area contributed by atoms with Gasteiger partial charge >= 0.3 is 0 Å². The molecule has 27 heavy (non-hydrogen) atoms. The van der Waals surface area contributed by atoms with E-state index in [2.05, 4.69) is 15.5 Å². The molecule has 0 spiro atoms. The number of nitrogens with one attached hydrogen (secondary N) is 2. The number of halogens is 2. The molecule has 2 amide bonds. The molecule has 3 rings (SSSR count). The number of carbonyl (C=O) groups is 2. The van der Waals surface area contributed by atoms with Crippen molar-refractivity contribution in [1.82, 2.24) is 15.1 Å². The number of anilines is 1. The number of amides is 2. The molecule has 1 aromatic carbocycles. The van der Waals surface area contributed by atoms with Crippen molar-refractivity contribution in [3.8, 4) is 5.75 Å². The molecule has 0 atom stereocenters. The number of aromatic amines is 1. The van der Waals surface area contributed by atoms with Crippen LogP contribution in [0.4, 0.5) is 14.5 Å². The van der Waals surface area contributed by atoms with Gasteiger partial charge in [0.15, 0.2) is 12.3 Å². The van der Waals surface area contributed by atoms with Gasteiger partial charge in [-0.25, -0.2) is 8.78 Å². The molecule has 0 bridgehead atoms. The van der Waals surface area contributed by atoms with Crippen molar-refractivity contribution in [2.24, 2.45) is 0 Å². The van der Waals surface area contributed by atoms with Crippen LogP contribution < -0.4 is 10.1 Å². The summed E-state index contributed by atoms with van der Waals surface area (Å²) in [5.74, 6) is -0.271. The summed E-state index contributed by atoms with van der Waals surface area (Å²) in [6, 6.07) is 7.34. The van der Waals surface area contributed by atoms with Gasteiger partial charge in [0.1, 0.15) is 11.4 Å². The molecule has 0 unspecified atom stereocenters. The number of hydrogen-bond donors (Lipinski definition) is 2. The molecule has 0 radical (unpaired) electrons. The van der Waals surface area contributed by atoms with Crippen molar-refractivity contribution in [2.45, 2.75) is 6.43 Å². The minimum absolute atomic E-state index is 0.0879. The Morgan fingerprint density at radius 2 is 1.96 bits per heavy atom. The third-order valence-corrected chi connectivity index (χ3v) is 3.90. The molecule has 0 saturated carbocycles. The molecular weight excluding hydrogens is 362 g/mol. The second-order valence-electron chi connectivity index (χ2n) is 5.77. The largest absolute Gasteiger partial charge is 0.484 e. The van der Waals surface area contributed by atoms with Crippen LogP contribution in [-0.4, -0.2) is 59.8 Å². The van der Waals surface area contributed by atoms with Crippen molar-refractivity contribution >= 4 is 17.5 Å². The van der Waals surface area contributed by atoms with Crippen LogP contribution in [0.5, 0.6) is 5.75 Å². The van der Waals surface area contributed by atoms with E-state index < -0.39 is 18.0 Å². The Labute approximate surface area is 153 Å². The van der Waals surface area contributed by atoms with E-state index in [1.54, 1.807) is 29.2 Å². The lowest BCUT2D eigenvalue weighted by atomic mass is 10.3. The maximum atomic E-state index is 12.5. The Morgan fingerprint density at radius 3 is 2.59 bits per heavy atom. The van der Waals surface area contributed by atoms with Gasteiger partial charge in [0.2, 0.25) is 0 Å². The summed E-state index contributed by atoms with van der Waals surface area (Å²) < 4.78 is 35.7. The number of ether oxygens (including phenoxy) is 2. The van der Waals surface area contributed by atoms with Crippen molar-refractivity contribution in [3.05, 3.63) is 41.7 Å². The number of morpholine rings is 1. The molecule has 1 aliphatic heterocycles. The quantitative estimate of drug-likeness (QED) is 0.797. The van der Waals surface area contributed by atoms with Gasteiger partial charge in [-0.3, -0.25) is 14.7 Å². The van der Waals surface area contributed by atoms with Crippen LogP contribution >= 0.6 is 0 Å². The Balaban J connectivity index is 1.50. The number of benzene rings is 1. The summed E-state index contributed by atoms with van der Waals surface area (Å²) in [4.78, 5) is 25.7. The highest BCUT2D eigenvalue weighted by Crippen LogP contribution is 2.19. The maximum absolute atomic E-state index is 12.5. The lowest BCUT2D eigenvalue weighted by Crippen LogP contribution is -2.42. The van der Waals surface area contributed by atoms with Gasteiger partial charge in [-0.05, 0) is 30.3 Å². The number of carbonyl (C=O) groups excluding carboxylic acids is 2. The lowest BCUT2D eigenvalue weighted by molar-refractivity contribution is -0.137. The predicted molar refractivity (Wildman–Crippen MR) is 90.8 cm³/mol. The van der Waals surface area contributed by atoms with E-state index >= 15 is 0 Å². The van der Waals surface area contributed by atoms with Crippen LogP contribution in [0.2, 0.25) is 0 Å². The van der Waals surface area contributed by atoms with Crippen LogP contribution in [0, 0.1) is 0 Å². The first kappa shape index (κ1) is 18.8. The number of aromatic nitrogens is 2. The fourth-order valence-corrected chi connectivity index (χ4v) is 2.44. The van der Waals surface area contributed by atoms with Crippen LogP contribution in [-0.2, 0) is 9.53 Å². The molecule has 2 N–H and O–H groups in total. The van der Waals surface area contributed by atoms with E-state index in [9.17, 15) is 18.4 Å². The van der Waals surface area contributed by atoms with Crippen molar-refractivity contribution in [2.75, 3.05) is 38.2 Å². The van der Waals surface area contributed by atoms with E-state index in [1.807, 2.05) is 0 Å². The fraction of sp³-hybridized carbons (Fsp3) is 0.353. The van der Waals surface area contributed by atoms with Crippen LogP contribution in [0.3, 0.4) is 0 Å². The fourth-order valence-electron chi connectivity index (χ4n) is 2.44. The van der Waals surface area contributed by atoms with Crippen LogP contribution in [0.15, 0.2) is 30.3 Å². The van der Waals surface area contributed by atoms with E-state index in [0.29, 0.717) is 37.7 Å². The summed E-state index contributed by atoms with van der Waals surface area (Å²) in [5.41, 5.74) is -0.121.